The van der Waals surface area contributed by atoms with Gasteiger partial charge in [0.15, 0.2) is 0 Å². The minimum absolute atomic E-state index is 0.141. The summed E-state index contributed by atoms with van der Waals surface area (Å²) in [7, 11) is 0. The summed E-state index contributed by atoms with van der Waals surface area (Å²) in [4.78, 5) is 11.0. The summed E-state index contributed by atoms with van der Waals surface area (Å²) in [6.45, 7) is 0.728. The zero-order chi connectivity index (χ0) is 9.15. The molecule has 0 aromatic heterocycles. The van der Waals surface area contributed by atoms with Crippen LogP contribution in [0, 0.1) is 0 Å². The van der Waals surface area contributed by atoms with Gasteiger partial charge in [0.1, 0.15) is 5.60 Å². The predicted molar refractivity (Wildman–Crippen MR) is 49.5 cm³/mol. The number of hydrogen-bond acceptors (Lipinski definition) is 2. The molecular formula is C10H17NO2. The largest absolute Gasteiger partial charge is 0.441 e. The third-order valence-electron chi connectivity index (χ3n) is 3.13. The number of ether oxygens (including phenoxy) is 1. The number of rotatable bonds is 0. The summed E-state index contributed by atoms with van der Waals surface area (Å²) in [5, 5.41) is 2.77. The summed E-state index contributed by atoms with van der Waals surface area (Å²) < 4.78 is 5.38. The van der Waals surface area contributed by atoms with E-state index in [1.54, 1.807) is 0 Å². The molecule has 74 valence electrons. The first-order chi connectivity index (χ1) is 6.31. The maximum absolute atomic E-state index is 11.0. The van der Waals surface area contributed by atoms with Crippen molar-refractivity contribution in [3.63, 3.8) is 0 Å². The highest BCUT2D eigenvalue weighted by Crippen LogP contribution is 2.31. The molecule has 1 heterocycles. The Kier molecular flexibility index (Phi) is 2.42. The highest BCUT2D eigenvalue weighted by molar-refractivity contribution is 5.70. The van der Waals surface area contributed by atoms with Crippen LogP contribution in [-0.2, 0) is 4.74 Å². The van der Waals surface area contributed by atoms with Gasteiger partial charge in [0.25, 0.3) is 0 Å². The van der Waals surface area contributed by atoms with E-state index in [1.807, 2.05) is 0 Å². The van der Waals surface area contributed by atoms with Crippen LogP contribution in [0.1, 0.15) is 44.9 Å². The van der Waals surface area contributed by atoms with Crippen molar-refractivity contribution in [2.75, 3.05) is 6.54 Å². The zero-order valence-corrected chi connectivity index (χ0v) is 7.97. The van der Waals surface area contributed by atoms with Crippen LogP contribution in [0.5, 0.6) is 0 Å². The Bertz CT molecular complexity index is 195. The number of carbonyl (C=O) groups excluding carboxylic acids is 1. The van der Waals surface area contributed by atoms with Crippen LogP contribution in [0.3, 0.4) is 0 Å². The van der Waals surface area contributed by atoms with Crippen molar-refractivity contribution in [1.29, 1.82) is 0 Å². The van der Waals surface area contributed by atoms with E-state index in [0.29, 0.717) is 0 Å². The maximum Gasteiger partial charge on any atom is 0.407 e. The Morgan fingerprint density at radius 3 is 2.23 bits per heavy atom. The maximum atomic E-state index is 11.0. The van der Waals surface area contributed by atoms with E-state index in [9.17, 15) is 4.79 Å². The lowest BCUT2D eigenvalue weighted by atomic mass is 9.87. The molecule has 0 unspecified atom stereocenters. The SMILES string of the molecule is O=C1NCC2(CCCCCCC2)O1. The lowest BCUT2D eigenvalue weighted by Crippen LogP contribution is -2.33. The highest BCUT2D eigenvalue weighted by atomic mass is 16.6. The fraction of sp³-hybridized carbons (Fsp3) is 0.900. The smallest absolute Gasteiger partial charge is 0.407 e. The van der Waals surface area contributed by atoms with Crippen LogP contribution in [0.2, 0.25) is 0 Å². The van der Waals surface area contributed by atoms with Gasteiger partial charge in [-0.05, 0) is 25.7 Å². The summed E-state index contributed by atoms with van der Waals surface area (Å²) >= 11 is 0. The van der Waals surface area contributed by atoms with Gasteiger partial charge in [-0.15, -0.1) is 0 Å². The highest BCUT2D eigenvalue weighted by Gasteiger charge is 2.39. The molecule has 0 aromatic carbocycles. The second-order valence-electron chi connectivity index (χ2n) is 4.19. The molecule has 2 rings (SSSR count). The zero-order valence-electron chi connectivity index (χ0n) is 7.97. The van der Waals surface area contributed by atoms with Crippen molar-refractivity contribution in [2.24, 2.45) is 0 Å². The molecule has 3 nitrogen and oxygen atoms in total. The fourth-order valence-electron chi connectivity index (χ4n) is 2.33. The number of alkyl carbamates (subject to hydrolysis) is 1. The Hall–Kier alpha value is -0.730. The predicted octanol–water partition coefficient (Wildman–Crippen LogP) is 2.21. The van der Waals surface area contributed by atoms with Crippen LogP contribution in [-0.4, -0.2) is 18.2 Å². The van der Waals surface area contributed by atoms with Gasteiger partial charge in [-0.25, -0.2) is 4.79 Å². The van der Waals surface area contributed by atoms with Gasteiger partial charge in [-0.2, -0.15) is 0 Å². The van der Waals surface area contributed by atoms with Gasteiger partial charge < -0.3 is 10.1 Å². The summed E-state index contributed by atoms with van der Waals surface area (Å²) in [6.07, 6.45) is 8.21. The van der Waals surface area contributed by atoms with Gasteiger partial charge in [0.2, 0.25) is 0 Å². The molecule has 0 bridgehead atoms. The van der Waals surface area contributed by atoms with Crippen molar-refractivity contribution in [2.45, 2.75) is 50.5 Å². The van der Waals surface area contributed by atoms with Crippen molar-refractivity contribution in [3.05, 3.63) is 0 Å². The summed E-state index contributed by atoms with van der Waals surface area (Å²) in [5.74, 6) is 0. The molecule has 1 saturated heterocycles. The first-order valence-electron chi connectivity index (χ1n) is 5.28. The number of carbonyl (C=O) groups is 1. The van der Waals surface area contributed by atoms with E-state index < -0.39 is 0 Å². The number of nitrogens with one attached hydrogen (secondary N) is 1. The minimum Gasteiger partial charge on any atom is -0.441 e. The van der Waals surface area contributed by atoms with Crippen LogP contribution >= 0.6 is 0 Å². The average molecular weight is 183 g/mol. The van der Waals surface area contributed by atoms with Crippen molar-refractivity contribution in [1.82, 2.24) is 5.32 Å². The molecule has 1 amide bonds. The van der Waals surface area contributed by atoms with Crippen LogP contribution < -0.4 is 5.32 Å². The lowest BCUT2D eigenvalue weighted by molar-refractivity contribution is 0.0347. The van der Waals surface area contributed by atoms with E-state index >= 15 is 0 Å². The average Bonchev–Trinajstić information content (AvgIpc) is 2.42. The molecule has 3 heteroatoms. The van der Waals surface area contributed by atoms with E-state index in [-0.39, 0.29) is 11.7 Å². The number of amides is 1. The molecule has 2 aliphatic rings. The molecule has 2 fully saturated rings. The number of hydrogen-bond donors (Lipinski definition) is 1. The van der Waals surface area contributed by atoms with Crippen LogP contribution in [0.15, 0.2) is 0 Å². The van der Waals surface area contributed by atoms with Gasteiger partial charge >= 0.3 is 6.09 Å². The molecular weight excluding hydrogens is 166 g/mol. The quantitative estimate of drug-likeness (QED) is 0.625. The van der Waals surface area contributed by atoms with Crippen LogP contribution in [0.4, 0.5) is 4.79 Å². The molecule has 0 aromatic rings. The van der Waals surface area contributed by atoms with Crippen molar-refractivity contribution < 1.29 is 9.53 Å². The monoisotopic (exact) mass is 183 g/mol. The fourth-order valence-corrected chi connectivity index (χ4v) is 2.33. The van der Waals surface area contributed by atoms with E-state index in [1.165, 1.54) is 32.1 Å². The van der Waals surface area contributed by atoms with E-state index in [0.717, 1.165) is 19.4 Å². The second-order valence-corrected chi connectivity index (χ2v) is 4.19. The Balaban J connectivity index is 1.97. The molecule has 1 spiro atoms. The molecule has 0 atom stereocenters. The lowest BCUT2D eigenvalue weighted by Gasteiger charge is -2.28. The standard InChI is InChI=1S/C10H17NO2/c12-9-11-8-10(13-9)6-4-2-1-3-5-7-10/h1-8H2,(H,11,12). The van der Waals surface area contributed by atoms with Crippen LogP contribution in [0.25, 0.3) is 0 Å². The van der Waals surface area contributed by atoms with Gasteiger partial charge in [-0.3, -0.25) is 0 Å². The normalized spacial score (nSPS) is 27.5. The molecule has 1 N–H and O–H groups in total. The van der Waals surface area contributed by atoms with Crippen molar-refractivity contribution >= 4 is 6.09 Å². The molecule has 1 aliphatic carbocycles. The molecule has 1 saturated carbocycles. The third-order valence-corrected chi connectivity index (χ3v) is 3.13. The van der Waals surface area contributed by atoms with E-state index in [4.69, 9.17) is 4.74 Å². The topological polar surface area (TPSA) is 38.3 Å². The molecule has 1 aliphatic heterocycles. The molecule has 0 radical (unpaired) electrons. The second kappa shape index (κ2) is 3.56. The minimum atomic E-state index is -0.222. The van der Waals surface area contributed by atoms with Gasteiger partial charge in [0.05, 0.1) is 6.54 Å². The Morgan fingerprint density at radius 1 is 1.08 bits per heavy atom. The van der Waals surface area contributed by atoms with Crippen molar-refractivity contribution in [3.8, 4) is 0 Å². The van der Waals surface area contributed by atoms with Gasteiger partial charge in [-0.1, -0.05) is 19.3 Å². The Morgan fingerprint density at radius 2 is 1.69 bits per heavy atom. The molecule has 13 heavy (non-hydrogen) atoms. The van der Waals surface area contributed by atoms with Gasteiger partial charge in [0, 0.05) is 0 Å². The first-order valence-corrected chi connectivity index (χ1v) is 5.28. The summed E-state index contributed by atoms with van der Waals surface area (Å²) in [5.41, 5.74) is -0.141. The van der Waals surface area contributed by atoms with E-state index in [2.05, 4.69) is 5.32 Å². The third kappa shape index (κ3) is 1.95. The Labute approximate surface area is 78.8 Å². The summed E-state index contributed by atoms with van der Waals surface area (Å²) in [6, 6.07) is 0. The first kappa shape index (κ1) is 8.85.